The lowest BCUT2D eigenvalue weighted by Gasteiger charge is -2.26. The van der Waals surface area contributed by atoms with Crippen LogP contribution in [0.15, 0.2) is 84.9 Å². The Bertz CT molecular complexity index is 962. The largest absolute Gasteiger partial charge is 0.349 e. The molecular weight excluding hydrogens is 372 g/mol. The molecule has 1 aliphatic rings. The van der Waals surface area contributed by atoms with E-state index in [4.69, 9.17) is 0 Å². The summed E-state index contributed by atoms with van der Waals surface area (Å²) in [5, 5.41) is 3.14. The summed E-state index contributed by atoms with van der Waals surface area (Å²) >= 11 is 0. The summed E-state index contributed by atoms with van der Waals surface area (Å²) in [4.78, 5) is 27.4. The van der Waals surface area contributed by atoms with Crippen molar-refractivity contribution < 1.29 is 9.59 Å². The predicted octanol–water partition coefficient (Wildman–Crippen LogP) is 5.33. The van der Waals surface area contributed by atoms with Crippen molar-refractivity contribution in [2.75, 3.05) is 4.90 Å². The van der Waals surface area contributed by atoms with Gasteiger partial charge in [-0.3, -0.25) is 14.5 Å². The van der Waals surface area contributed by atoms with E-state index in [1.807, 2.05) is 72.8 Å². The first-order valence-electron chi connectivity index (χ1n) is 10.5. The zero-order valence-electron chi connectivity index (χ0n) is 17.0. The summed E-state index contributed by atoms with van der Waals surface area (Å²) in [6.45, 7) is 0. The number of rotatable bonds is 6. The highest BCUT2D eigenvalue weighted by molar-refractivity contribution is 6.01. The van der Waals surface area contributed by atoms with Gasteiger partial charge in [0.25, 0.3) is 0 Å². The molecule has 0 aromatic heterocycles. The van der Waals surface area contributed by atoms with Gasteiger partial charge in [0.05, 0.1) is 6.04 Å². The zero-order valence-corrected chi connectivity index (χ0v) is 17.0. The molecule has 3 aromatic rings. The molecule has 0 heterocycles. The monoisotopic (exact) mass is 398 g/mol. The van der Waals surface area contributed by atoms with Crippen molar-refractivity contribution in [3.8, 4) is 0 Å². The molecule has 0 spiro atoms. The molecule has 4 heteroatoms. The normalized spacial score (nSPS) is 15.1. The van der Waals surface area contributed by atoms with Gasteiger partial charge in [0, 0.05) is 24.2 Å². The summed E-state index contributed by atoms with van der Waals surface area (Å²) in [6, 6.07) is 27.4. The van der Waals surface area contributed by atoms with Crippen LogP contribution in [0.3, 0.4) is 0 Å². The van der Waals surface area contributed by atoms with Crippen molar-refractivity contribution >= 4 is 23.2 Å². The van der Waals surface area contributed by atoms with Gasteiger partial charge in [0.15, 0.2) is 0 Å². The van der Waals surface area contributed by atoms with Gasteiger partial charge in [-0.1, -0.05) is 60.7 Å². The number of nitrogens with zero attached hydrogens (tertiary/aromatic N) is 1. The Morgan fingerprint density at radius 2 is 1.40 bits per heavy atom. The maximum absolute atomic E-state index is 13.1. The third-order valence-corrected chi connectivity index (χ3v) is 5.55. The highest BCUT2D eigenvalue weighted by atomic mass is 16.2. The van der Waals surface area contributed by atoms with Gasteiger partial charge >= 0.3 is 0 Å². The highest BCUT2D eigenvalue weighted by Gasteiger charge is 2.23. The Hall–Kier alpha value is -3.40. The van der Waals surface area contributed by atoms with E-state index in [1.54, 1.807) is 4.90 Å². The molecule has 30 heavy (non-hydrogen) atoms. The number of nitrogens with one attached hydrogen (secondary N) is 1. The number of aryl methyl sites for hydroxylation is 1. The van der Waals surface area contributed by atoms with Crippen LogP contribution in [0.1, 0.15) is 42.9 Å². The predicted molar refractivity (Wildman–Crippen MR) is 120 cm³/mol. The molecule has 0 bridgehead atoms. The van der Waals surface area contributed by atoms with Crippen molar-refractivity contribution in [2.24, 2.45) is 0 Å². The zero-order chi connectivity index (χ0) is 20.8. The molecule has 1 N–H and O–H groups in total. The molecule has 4 rings (SSSR count). The summed E-state index contributed by atoms with van der Waals surface area (Å²) in [5.74, 6) is -0.169. The molecule has 152 valence electrons. The molecule has 0 saturated carbocycles. The van der Waals surface area contributed by atoms with E-state index >= 15 is 0 Å². The third-order valence-electron chi connectivity index (χ3n) is 5.55. The van der Waals surface area contributed by atoms with E-state index in [-0.39, 0.29) is 30.7 Å². The summed E-state index contributed by atoms with van der Waals surface area (Å²) < 4.78 is 0. The average Bonchev–Trinajstić information content (AvgIpc) is 2.80. The van der Waals surface area contributed by atoms with Crippen LogP contribution in [0.2, 0.25) is 0 Å². The SMILES string of the molecule is O=C(CCC(=O)N(c1ccccc1)c1ccccc1)N[C@H]1CCCc2ccccc21. The number of hydrogen-bond acceptors (Lipinski definition) is 2. The van der Waals surface area contributed by atoms with Crippen LogP contribution in [0.25, 0.3) is 0 Å². The molecule has 3 aromatic carbocycles. The molecular formula is C26H26N2O2. The fourth-order valence-electron chi connectivity index (χ4n) is 4.09. The molecule has 0 saturated heterocycles. The first-order chi connectivity index (χ1) is 14.7. The second-order valence-electron chi connectivity index (χ2n) is 7.61. The Balaban J connectivity index is 1.42. The number of anilines is 2. The highest BCUT2D eigenvalue weighted by Crippen LogP contribution is 2.30. The molecule has 2 amide bonds. The van der Waals surface area contributed by atoms with Gasteiger partial charge in [-0.2, -0.15) is 0 Å². The van der Waals surface area contributed by atoms with Gasteiger partial charge in [-0.15, -0.1) is 0 Å². The van der Waals surface area contributed by atoms with Crippen LogP contribution >= 0.6 is 0 Å². The molecule has 0 unspecified atom stereocenters. The molecule has 0 radical (unpaired) electrons. The minimum atomic E-state index is -0.0911. The Kier molecular flexibility index (Phi) is 6.23. The van der Waals surface area contributed by atoms with Crippen LogP contribution in [-0.2, 0) is 16.0 Å². The standard InChI is InChI=1S/C26H26N2O2/c29-25(27-24-17-9-11-20-10-7-8-16-23(20)24)18-19-26(30)28(21-12-3-1-4-13-21)22-14-5-2-6-15-22/h1-8,10,12-16,24H,9,11,17-19H2,(H,27,29)/t24-/m0/s1. The van der Waals surface area contributed by atoms with Gasteiger partial charge in [0.2, 0.25) is 11.8 Å². The number of carbonyl (C=O) groups excluding carboxylic acids is 2. The van der Waals surface area contributed by atoms with Crippen molar-refractivity contribution in [1.82, 2.24) is 5.32 Å². The van der Waals surface area contributed by atoms with E-state index in [9.17, 15) is 9.59 Å². The van der Waals surface area contributed by atoms with E-state index in [1.165, 1.54) is 11.1 Å². The van der Waals surface area contributed by atoms with E-state index in [0.29, 0.717) is 0 Å². The smallest absolute Gasteiger partial charge is 0.232 e. The van der Waals surface area contributed by atoms with Crippen molar-refractivity contribution in [2.45, 2.75) is 38.1 Å². The first-order valence-corrected chi connectivity index (χ1v) is 10.5. The minimum Gasteiger partial charge on any atom is -0.349 e. The summed E-state index contributed by atoms with van der Waals surface area (Å²) in [6.07, 6.45) is 3.40. The van der Waals surface area contributed by atoms with Gasteiger partial charge in [-0.05, 0) is 54.7 Å². The molecule has 0 fully saturated rings. The van der Waals surface area contributed by atoms with Crippen LogP contribution in [0.4, 0.5) is 11.4 Å². The Morgan fingerprint density at radius 3 is 2.07 bits per heavy atom. The van der Waals surface area contributed by atoms with Crippen LogP contribution in [0, 0.1) is 0 Å². The fraction of sp³-hybridized carbons (Fsp3) is 0.231. The quantitative estimate of drug-likeness (QED) is 0.610. The lowest BCUT2D eigenvalue weighted by molar-refractivity contribution is -0.125. The number of hydrogen-bond donors (Lipinski definition) is 1. The molecule has 1 atom stereocenters. The van der Waals surface area contributed by atoms with Gasteiger partial charge < -0.3 is 5.32 Å². The van der Waals surface area contributed by atoms with Gasteiger partial charge in [0.1, 0.15) is 0 Å². The Labute approximate surface area is 177 Å². The van der Waals surface area contributed by atoms with Crippen LogP contribution in [-0.4, -0.2) is 11.8 Å². The van der Waals surface area contributed by atoms with E-state index < -0.39 is 0 Å². The number of para-hydroxylation sites is 2. The lowest BCUT2D eigenvalue weighted by Crippen LogP contribution is -2.32. The van der Waals surface area contributed by atoms with Crippen LogP contribution in [0.5, 0.6) is 0 Å². The summed E-state index contributed by atoms with van der Waals surface area (Å²) in [5.41, 5.74) is 4.12. The first kappa shape index (κ1) is 19.9. The van der Waals surface area contributed by atoms with E-state index in [2.05, 4.69) is 17.4 Å². The maximum atomic E-state index is 13.1. The minimum absolute atomic E-state index is 0.0388. The second kappa shape index (κ2) is 9.40. The van der Waals surface area contributed by atoms with Crippen LogP contribution < -0.4 is 10.2 Å². The van der Waals surface area contributed by atoms with Crippen molar-refractivity contribution in [1.29, 1.82) is 0 Å². The topological polar surface area (TPSA) is 49.4 Å². The maximum Gasteiger partial charge on any atom is 0.232 e. The molecule has 4 nitrogen and oxygen atoms in total. The number of carbonyl (C=O) groups is 2. The molecule has 1 aliphatic carbocycles. The average molecular weight is 399 g/mol. The van der Waals surface area contributed by atoms with Crippen molar-refractivity contribution in [3.63, 3.8) is 0 Å². The van der Waals surface area contributed by atoms with Crippen molar-refractivity contribution in [3.05, 3.63) is 96.1 Å². The number of fused-ring (bicyclic) bond motifs is 1. The number of benzene rings is 3. The third kappa shape index (κ3) is 4.60. The second-order valence-corrected chi connectivity index (χ2v) is 7.61. The van der Waals surface area contributed by atoms with Gasteiger partial charge in [-0.25, -0.2) is 0 Å². The fourth-order valence-corrected chi connectivity index (χ4v) is 4.09. The lowest BCUT2D eigenvalue weighted by atomic mass is 9.87. The molecule has 0 aliphatic heterocycles. The van der Waals surface area contributed by atoms with E-state index in [0.717, 1.165) is 30.6 Å². The summed E-state index contributed by atoms with van der Waals surface area (Å²) in [7, 11) is 0. The number of amides is 2. The Morgan fingerprint density at radius 1 is 0.800 bits per heavy atom.